The number of nitrogens with zero attached hydrogens (tertiary/aromatic N) is 3. The van der Waals surface area contributed by atoms with Gasteiger partial charge >= 0.3 is 6.09 Å². The molecule has 0 aliphatic carbocycles. The van der Waals surface area contributed by atoms with Gasteiger partial charge in [0.1, 0.15) is 5.60 Å². The zero-order valence-corrected chi connectivity index (χ0v) is 12.0. The molecule has 1 unspecified atom stereocenters. The maximum Gasteiger partial charge on any atom is 0.411 e. The molecule has 1 atom stereocenters. The molecule has 1 amide bonds. The summed E-state index contributed by atoms with van der Waals surface area (Å²) < 4.78 is 11.2. The van der Waals surface area contributed by atoms with Crippen LogP contribution in [-0.2, 0) is 4.74 Å². The topological polar surface area (TPSA) is 54.9 Å². The van der Waals surface area contributed by atoms with Crippen LogP contribution in [0.3, 0.4) is 0 Å². The van der Waals surface area contributed by atoms with Gasteiger partial charge in [-0.2, -0.15) is 0 Å². The first-order chi connectivity index (χ1) is 9.44. The number of ether oxygens (including phenoxy) is 2. The van der Waals surface area contributed by atoms with Gasteiger partial charge in [0.25, 0.3) is 0 Å². The Labute approximate surface area is 118 Å². The molecule has 0 bridgehead atoms. The van der Waals surface area contributed by atoms with E-state index in [0.717, 1.165) is 17.9 Å². The van der Waals surface area contributed by atoms with Crippen LogP contribution in [0.4, 0.5) is 10.5 Å². The minimum absolute atomic E-state index is 0.00659. The molecule has 0 N–H and O–H groups in total. The third-order valence-corrected chi connectivity index (χ3v) is 3.30. The fourth-order valence-corrected chi connectivity index (χ4v) is 2.44. The number of fused-ring (bicyclic) bond motifs is 3. The van der Waals surface area contributed by atoms with Crippen LogP contribution in [0.2, 0.25) is 0 Å². The molecule has 108 valence electrons. The highest BCUT2D eigenvalue weighted by atomic mass is 16.6. The van der Waals surface area contributed by atoms with E-state index in [2.05, 4.69) is 9.88 Å². The summed E-state index contributed by atoms with van der Waals surface area (Å²) in [5.41, 5.74) is 0.510. The lowest BCUT2D eigenvalue weighted by Gasteiger charge is -2.38. The summed E-state index contributed by atoms with van der Waals surface area (Å²) in [6.45, 7) is 6.74. The Kier molecular flexibility index (Phi) is 2.96. The van der Waals surface area contributed by atoms with Crippen LogP contribution < -0.4 is 9.64 Å². The van der Waals surface area contributed by atoms with Crippen LogP contribution in [0.15, 0.2) is 18.5 Å². The molecular formula is C14H19N3O3. The molecule has 6 nitrogen and oxygen atoms in total. The lowest BCUT2D eigenvalue weighted by atomic mass is 10.2. The highest BCUT2D eigenvalue weighted by Crippen LogP contribution is 2.38. The van der Waals surface area contributed by atoms with Gasteiger partial charge in [0, 0.05) is 19.2 Å². The van der Waals surface area contributed by atoms with Crippen LogP contribution >= 0.6 is 0 Å². The summed E-state index contributed by atoms with van der Waals surface area (Å²) in [6.07, 6.45) is 3.92. The van der Waals surface area contributed by atoms with E-state index in [1.807, 2.05) is 26.8 Å². The Hall–Kier alpha value is -1.98. The molecule has 1 aromatic rings. The van der Waals surface area contributed by atoms with Gasteiger partial charge in [-0.05, 0) is 26.8 Å². The number of amides is 1. The van der Waals surface area contributed by atoms with Crippen molar-refractivity contribution in [2.45, 2.75) is 39.0 Å². The van der Waals surface area contributed by atoms with Gasteiger partial charge in [0.2, 0.25) is 0 Å². The average Bonchev–Trinajstić information content (AvgIpc) is 2.74. The van der Waals surface area contributed by atoms with Gasteiger partial charge < -0.3 is 14.4 Å². The molecule has 20 heavy (non-hydrogen) atoms. The highest BCUT2D eigenvalue weighted by molar-refractivity contribution is 5.70. The minimum atomic E-state index is -0.475. The van der Waals surface area contributed by atoms with Gasteiger partial charge in [-0.1, -0.05) is 0 Å². The zero-order valence-electron chi connectivity index (χ0n) is 12.0. The smallest absolute Gasteiger partial charge is 0.411 e. The SMILES string of the molecule is CC(C)(C)OC(=O)N1CCC2Oc3cnccc3N2C1. The van der Waals surface area contributed by atoms with E-state index in [9.17, 15) is 4.79 Å². The number of aromatic nitrogens is 1. The molecule has 1 aromatic heterocycles. The quantitative estimate of drug-likeness (QED) is 0.727. The van der Waals surface area contributed by atoms with E-state index in [1.165, 1.54) is 0 Å². The van der Waals surface area contributed by atoms with E-state index in [1.54, 1.807) is 17.3 Å². The predicted octanol–water partition coefficient (Wildman–Crippen LogP) is 2.20. The molecule has 3 heterocycles. The van der Waals surface area contributed by atoms with Gasteiger partial charge in [0.15, 0.2) is 12.0 Å². The zero-order chi connectivity index (χ0) is 14.3. The van der Waals surface area contributed by atoms with Crippen molar-refractivity contribution in [2.75, 3.05) is 18.1 Å². The lowest BCUT2D eigenvalue weighted by Crippen LogP contribution is -2.53. The average molecular weight is 277 g/mol. The molecule has 1 fully saturated rings. The third kappa shape index (κ3) is 2.37. The first-order valence-corrected chi connectivity index (χ1v) is 6.79. The molecule has 0 radical (unpaired) electrons. The first-order valence-electron chi connectivity index (χ1n) is 6.79. The Morgan fingerprint density at radius 1 is 1.50 bits per heavy atom. The molecular weight excluding hydrogens is 258 g/mol. The number of hydrogen-bond acceptors (Lipinski definition) is 5. The van der Waals surface area contributed by atoms with Crippen molar-refractivity contribution in [1.82, 2.24) is 9.88 Å². The number of anilines is 1. The van der Waals surface area contributed by atoms with Gasteiger partial charge in [-0.15, -0.1) is 0 Å². The molecule has 3 rings (SSSR count). The van der Waals surface area contributed by atoms with E-state index >= 15 is 0 Å². The molecule has 2 aliphatic rings. The van der Waals surface area contributed by atoms with Gasteiger partial charge in [-0.3, -0.25) is 9.88 Å². The van der Waals surface area contributed by atoms with Crippen LogP contribution in [0.5, 0.6) is 5.75 Å². The van der Waals surface area contributed by atoms with Crippen molar-refractivity contribution in [2.24, 2.45) is 0 Å². The summed E-state index contributed by atoms with van der Waals surface area (Å²) >= 11 is 0. The molecule has 0 saturated carbocycles. The second kappa shape index (κ2) is 4.54. The Balaban J connectivity index is 1.73. The third-order valence-electron chi connectivity index (χ3n) is 3.30. The largest absolute Gasteiger partial charge is 0.467 e. The molecule has 6 heteroatoms. The maximum absolute atomic E-state index is 12.1. The van der Waals surface area contributed by atoms with Crippen LogP contribution in [0, 0.1) is 0 Å². The van der Waals surface area contributed by atoms with Crippen molar-refractivity contribution in [3.8, 4) is 5.75 Å². The summed E-state index contributed by atoms with van der Waals surface area (Å²) in [5.74, 6) is 0.781. The number of carbonyl (C=O) groups is 1. The van der Waals surface area contributed by atoms with E-state index in [-0.39, 0.29) is 12.3 Å². The number of rotatable bonds is 0. The Morgan fingerprint density at radius 2 is 2.30 bits per heavy atom. The van der Waals surface area contributed by atoms with E-state index < -0.39 is 5.60 Å². The van der Waals surface area contributed by atoms with Crippen molar-refractivity contribution in [1.29, 1.82) is 0 Å². The Morgan fingerprint density at radius 3 is 3.05 bits per heavy atom. The van der Waals surface area contributed by atoms with Crippen molar-refractivity contribution in [3.63, 3.8) is 0 Å². The summed E-state index contributed by atoms with van der Waals surface area (Å²) in [4.78, 5) is 20.0. The molecule has 0 aromatic carbocycles. The van der Waals surface area contributed by atoms with Crippen molar-refractivity contribution in [3.05, 3.63) is 18.5 Å². The summed E-state index contributed by atoms with van der Waals surface area (Å²) in [6, 6.07) is 1.91. The highest BCUT2D eigenvalue weighted by Gasteiger charge is 2.38. The van der Waals surface area contributed by atoms with E-state index in [4.69, 9.17) is 9.47 Å². The maximum atomic E-state index is 12.1. The van der Waals surface area contributed by atoms with Crippen molar-refractivity contribution >= 4 is 11.8 Å². The van der Waals surface area contributed by atoms with Crippen LogP contribution in [-0.4, -0.2) is 41.0 Å². The number of hydrogen-bond donors (Lipinski definition) is 0. The second-order valence-electron chi connectivity index (χ2n) is 6.06. The molecule has 0 spiro atoms. The fourth-order valence-electron chi connectivity index (χ4n) is 2.44. The molecule has 1 saturated heterocycles. The van der Waals surface area contributed by atoms with Gasteiger partial charge in [-0.25, -0.2) is 4.79 Å². The van der Waals surface area contributed by atoms with Crippen LogP contribution in [0.1, 0.15) is 27.2 Å². The second-order valence-corrected chi connectivity index (χ2v) is 6.06. The van der Waals surface area contributed by atoms with Crippen LogP contribution in [0.25, 0.3) is 0 Å². The first kappa shape index (κ1) is 13.0. The number of carbonyl (C=O) groups excluding carboxylic acids is 1. The summed E-state index contributed by atoms with van der Waals surface area (Å²) in [5, 5.41) is 0. The Bertz CT molecular complexity index is 527. The molecule has 2 aliphatic heterocycles. The monoisotopic (exact) mass is 277 g/mol. The normalized spacial score (nSPS) is 21.1. The predicted molar refractivity (Wildman–Crippen MR) is 73.6 cm³/mol. The van der Waals surface area contributed by atoms with Gasteiger partial charge in [0.05, 0.1) is 18.6 Å². The fraction of sp³-hybridized carbons (Fsp3) is 0.571. The standard InChI is InChI=1S/C14H19N3O3/c1-14(2,3)20-13(18)16-7-5-12-17(9-16)10-4-6-15-8-11(10)19-12/h4,6,8,12H,5,7,9H2,1-3H3. The lowest BCUT2D eigenvalue weighted by molar-refractivity contribution is 0.0155. The minimum Gasteiger partial charge on any atom is -0.467 e. The van der Waals surface area contributed by atoms with E-state index in [0.29, 0.717) is 13.2 Å². The van der Waals surface area contributed by atoms with Crippen molar-refractivity contribution < 1.29 is 14.3 Å². The summed E-state index contributed by atoms with van der Waals surface area (Å²) in [7, 11) is 0. The number of pyridine rings is 1.